The highest BCUT2D eigenvalue weighted by Gasteiger charge is 2.52. The van der Waals surface area contributed by atoms with E-state index in [4.69, 9.17) is 14.2 Å². The van der Waals surface area contributed by atoms with Crippen molar-refractivity contribution >= 4 is 21.9 Å². The second kappa shape index (κ2) is 8.23. The standard InChI is InChI=1S/C24H27BrO5/c1-24(2)18-13-16(23(26)27)19(10-9-14-7-5-4-6-8-14)29-21(18)17-11-15(25)12-20(28-3)22(17)30-24/h4-8,11-12,16,18-19,21H,9-10,13H2,1-3H3,(H,26,27)/t16-,18-,19-,21+/m0/s1. The number of aryl methyl sites for hydroxylation is 1. The predicted molar refractivity (Wildman–Crippen MR) is 117 cm³/mol. The summed E-state index contributed by atoms with van der Waals surface area (Å²) in [6.45, 7) is 4.00. The lowest BCUT2D eigenvalue weighted by atomic mass is 9.71. The Morgan fingerprint density at radius 2 is 2.00 bits per heavy atom. The van der Waals surface area contributed by atoms with Crippen LogP contribution in [0.1, 0.15) is 43.9 Å². The molecule has 0 radical (unpaired) electrons. The maximum atomic E-state index is 12.1. The molecular weight excluding hydrogens is 448 g/mol. The van der Waals surface area contributed by atoms with Crippen LogP contribution in [-0.2, 0) is 16.0 Å². The highest BCUT2D eigenvalue weighted by atomic mass is 79.9. The average Bonchev–Trinajstić information content (AvgIpc) is 2.72. The number of aliphatic carboxylic acids is 1. The van der Waals surface area contributed by atoms with Crippen LogP contribution in [0.3, 0.4) is 0 Å². The van der Waals surface area contributed by atoms with Gasteiger partial charge in [-0.3, -0.25) is 4.79 Å². The third kappa shape index (κ3) is 3.95. The second-order valence-corrected chi connectivity index (χ2v) is 9.55. The molecule has 2 heterocycles. The van der Waals surface area contributed by atoms with Gasteiger partial charge in [-0.25, -0.2) is 0 Å². The van der Waals surface area contributed by atoms with Gasteiger partial charge in [-0.1, -0.05) is 46.3 Å². The summed E-state index contributed by atoms with van der Waals surface area (Å²) in [4.78, 5) is 12.1. The molecular formula is C24H27BrO5. The van der Waals surface area contributed by atoms with Crippen molar-refractivity contribution < 1.29 is 24.1 Å². The third-order valence-electron chi connectivity index (χ3n) is 6.35. The van der Waals surface area contributed by atoms with Crippen LogP contribution in [0, 0.1) is 11.8 Å². The lowest BCUT2D eigenvalue weighted by Gasteiger charge is -2.50. The van der Waals surface area contributed by atoms with E-state index in [9.17, 15) is 9.90 Å². The Bertz CT molecular complexity index is 927. The fourth-order valence-electron chi connectivity index (χ4n) is 4.75. The van der Waals surface area contributed by atoms with Gasteiger partial charge in [0.25, 0.3) is 0 Å². The number of carboxylic acids is 1. The van der Waals surface area contributed by atoms with E-state index in [1.165, 1.54) is 5.56 Å². The van der Waals surface area contributed by atoms with Gasteiger partial charge in [-0.15, -0.1) is 0 Å². The molecule has 4 atom stereocenters. The molecule has 2 aliphatic rings. The number of carbonyl (C=O) groups is 1. The number of ether oxygens (including phenoxy) is 3. The Balaban J connectivity index is 1.68. The molecule has 5 nitrogen and oxygen atoms in total. The Morgan fingerprint density at radius 3 is 2.67 bits per heavy atom. The lowest BCUT2D eigenvalue weighted by Crippen LogP contribution is -2.52. The monoisotopic (exact) mass is 474 g/mol. The van der Waals surface area contributed by atoms with E-state index in [0.717, 1.165) is 16.5 Å². The zero-order valence-electron chi connectivity index (χ0n) is 17.4. The molecule has 0 aromatic heterocycles. The molecule has 1 N–H and O–H groups in total. The van der Waals surface area contributed by atoms with Gasteiger partial charge in [0.1, 0.15) is 5.60 Å². The number of hydrogen-bond acceptors (Lipinski definition) is 4. The number of methoxy groups -OCH3 is 1. The lowest BCUT2D eigenvalue weighted by molar-refractivity contribution is -0.188. The highest BCUT2D eigenvalue weighted by molar-refractivity contribution is 9.10. The maximum absolute atomic E-state index is 12.1. The van der Waals surface area contributed by atoms with Crippen molar-refractivity contribution in [3.05, 3.63) is 58.1 Å². The smallest absolute Gasteiger partial charge is 0.309 e. The molecule has 30 heavy (non-hydrogen) atoms. The number of benzene rings is 2. The summed E-state index contributed by atoms with van der Waals surface area (Å²) < 4.78 is 19.3. The number of hydrogen-bond donors (Lipinski definition) is 1. The van der Waals surface area contributed by atoms with Gasteiger partial charge in [-0.05, 0) is 50.8 Å². The molecule has 2 aromatic rings. The van der Waals surface area contributed by atoms with E-state index >= 15 is 0 Å². The van der Waals surface area contributed by atoms with Crippen molar-refractivity contribution in [1.29, 1.82) is 0 Å². The minimum atomic E-state index is -0.806. The minimum absolute atomic E-state index is 0.0712. The number of halogens is 1. The molecule has 0 saturated carbocycles. The van der Waals surface area contributed by atoms with Gasteiger partial charge in [0.2, 0.25) is 0 Å². The molecule has 160 valence electrons. The van der Waals surface area contributed by atoms with E-state index in [1.54, 1.807) is 7.11 Å². The first-order valence-electron chi connectivity index (χ1n) is 10.3. The van der Waals surface area contributed by atoms with Crippen LogP contribution in [0.4, 0.5) is 0 Å². The zero-order valence-corrected chi connectivity index (χ0v) is 19.0. The Morgan fingerprint density at radius 1 is 1.27 bits per heavy atom. The van der Waals surface area contributed by atoms with Gasteiger partial charge < -0.3 is 19.3 Å². The van der Waals surface area contributed by atoms with Crippen molar-refractivity contribution in [2.45, 2.75) is 50.9 Å². The van der Waals surface area contributed by atoms with Crippen molar-refractivity contribution in [3.8, 4) is 11.5 Å². The normalized spacial score (nSPS) is 26.8. The zero-order chi connectivity index (χ0) is 21.5. The molecule has 6 heteroatoms. The third-order valence-corrected chi connectivity index (χ3v) is 6.81. The summed E-state index contributed by atoms with van der Waals surface area (Å²) in [6.07, 6.45) is 1.34. The molecule has 0 bridgehead atoms. The van der Waals surface area contributed by atoms with Crippen LogP contribution < -0.4 is 9.47 Å². The van der Waals surface area contributed by atoms with Gasteiger partial charge in [0.15, 0.2) is 11.5 Å². The number of carboxylic acid groups (broad SMARTS) is 1. The number of fused-ring (bicyclic) bond motifs is 3. The van der Waals surface area contributed by atoms with Crippen LogP contribution in [0.5, 0.6) is 11.5 Å². The van der Waals surface area contributed by atoms with Crippen LogP contribution in [0.25, 0.3) is 0 Å². The van der Waals surface area contributed by atoms with E-state index in [-0.39, 0.29) is 18.1 Å². The summed E-state index contributed by atoms with van der Waals surface area (Å²) >= 11 is 3.55. The van der Waals surface area contributed by atoms with Crippen LogP contribution in [0.15, 0.2) is 46.9 Å². The molecule has 2 aliphatic heterocycles. The first-order chi connectivity index (χ1) is 14.3. The van der Waals surface area contributed by atoms with Crippen LogP contribution in [0.2, 0.25) is 0 Å². The Kier molecular flexibility index (Phi) is 5.82. The molecule has 0 spiro atoms. The van der Waals surface area contributed by atoms with Gasteiger partial charge in [0.05, 0.1) is 25.2 Å². The minimum Gasteiger partial charge on any atom is -0.493 e. The Hall–Kier alpha value is -2.05. The summed E-state index contributed by atoms with van der Waals surface area (Å²) in [7, 11) is 1.62. The molecule has 4 rings (SSSR count). The topological polar surface area (TPSA) is 65.0 Å². The van der Waals surface area contributed by atoms with E-state index in [1.807, 2.05) is 44.2 Å². The van der Waals surface area contributed by atoms with Crippen LogP contribution in [-0.4, -0.2) is 29.9 Å². The molecule has 1 saturated heterocycles. The maximum Gasteiger partial charge on any atom is 0.309 e. The largest absolute Gasteiger partial charge is 0.493 e. The summed E-state index contributed by atoms with van der Waals surface area (Å²) in [5.41, 5.74) is 1.53. The van der Waals surface area contributed by atoms with Crippen molar-refractivity contribution in [1.82, 2.24) is 0 Å². The van der Waals surface area contributed by atoms with Crippen molar-refractivity contribution in [2.24, 2.45) is 11.8 Å². The van der Waals surface area contributed by atoms with E-state index in [0.29, 0.717) is 24.3 Å². The summed E-state index contributed by atoms with van der Waals surface area (Å²) in [6, 6.07) is 14.0. The van der Waals surface area contributed by atoms with Gasteiger partial charge >= 0.3 is 5.97 Å². The molecule has 0 unspecified atom stereocenters. The van der Waals surface area contributed by atoms with Crippen molar-refractivity contribution in [2.75, 3.05) is 7.11 Å². The van der Waals surface area contributed by atoms with Crippen molar-refractivity contribution in [3.63, 3.8) is 0 Å². The summed E-state index contributed by atoms with van der Waals surface area (Å²) in [5.74, 6) is -0.107. The molecule has 2 aromatic carbocycles. The van der Waals surface area contributed by atoms with Crippen LogP contribution >= 0.6 is 15.9 Å². The second-order valence-electron chi connectivity index (χ2n) is 8.64. The molecule has 1 fully saturated rings. The fourth-order valence-corrected chi connectivity index (χ4v) is 5.20. The molecule has 0 aliphatic carbocycles. The van der Waals surface area contributed by atoms with Gasteiger partial charge in [0, 0.05) is 16.0 Å². The quantitative estimate of drug-likeness (QED) is 0.627. The highest BCUT2D eigenvalue weighted by Crippen LogP contribution is 2.55. The summed E-state index contributed by atoms with van der Waals surface area (Å²) in [5, 5.41) is 9.94. The first-order valence-corrected chi connectivity index (χ1v) is 11.1. The van der Waals surface area contributed by atoms with Gasteiger partial charge in [-0.2, -0.15) is 0 Å². The Labute approximate surface area is 185 Å². The van der Waals surface area contributed by atoms with E-state index in [2.05, 4.69) is 28.1 Å². The predicted octanol–water partition coefficient (Wildman–Crippen LogP) is 5.41. The first kappa shape index (κ1) is 21.2. The average molecular weight is 475 g/mol. The molecule has 0 amide bonds. The fraction of sp³-hybridized carbons (Fsp3) is 0.458. The number of rotatable bonds is 5. The SMILES string of the molecule is COc1cc(Br)cc2c1OC(C)(C)[C@H]1C[C@H](C(=O)O)[C@H](CCc3ccccc3)O[C@H]21. The van der Waals surface area contributed by atoms with E-state index < -0.39 is 17.5 Å².